The highest BCUT2D eigenvalue weighted by molar-refractivity contribution is 5.94. The van der Waals surface area contributed by atoms with Crippen molar-refractivity contribution >= 4 is 5.91 Å². The quantitative estimate of drug-likeness (QED) is 0.445. The Morgan fingerprint density at radius 2 is 2.55 bits per heavy atom. The summed E-state index contributed by atoms with van der Waals surface area (Å²) in [7, 11) is 1.60. The van der Waals surface area contributed by atoms with Crippen LogP contribution in [-0.2, 0) is 6.54 Å². The Morgan fingerprint density at radius 1 is 1.82 bits per heavy atom. The number of hydrogen-bond acceptors (Lipinski definition) is 4. The third kappa shape index (κ3) is 0.631. The molecule has 58 valence electrons. The number of rotatable bonds is 0. The van der Waals surface area contributed by atoms with E-state index in [2.05, 4.69) is 9.79 Å². The lowest BCUT2D eigenvalue weighted by atomic mass is 10.4. The summed E-state index contributed by atoms with van der Waals surface area (Å²) in [6.07, 6.45) is 0. The molecule has 6 nitrogen and oxygen atoms in total. The van der Waals surface area contributed by atoms with Gasteiger partial charge in [-0.15, -0.1) is 0 Å². The van der Waals surface area contributed by atoms with Crippen LogP contribution in [-0.4, -0.2) is 23.0 Å². The fourth-order valence-electron chi connectivity index (χ4n) is 1.04. The molecule has 1 aliphatic heterocycles. The number of nitrogens with zero attached hydrogens (tertiary/aromatic N) is 3. The molecule has 0 spiro atoms. The first-order valence-corrected chi connectivity index (χ1v) is 3.04. The van der Waals surface area contributed by atoms with Gasteiger partial charge >= 0.3 is 11.6 Å². The molecular weight excluding hydrogens is 150 g/mol. The van der Waals surface area contributed by atoms with Gasteiger partial charge in [0.05, 0.1) is 11.7 Å². The topological polar surface area (TPSA) is 73.3 Å². The summed E-state index contributed by atoms with van der Waals surface area (Å²) in [5.41, 5.74) is 0.417. The van der Waals surface area contributed by atoms with E-state index in [0.717, 1.165) is 0 Å². The summed E-state index contributed by atoms with van der Waals surface area (Å²) >= 11 is 0. The Bertz CT molecular complexity index is 319. The lowest BCUT2D eigenvalue weighted by molar-refractivity contribution is -0.808. The standard InChI is InChI=1S/C5H5N3O3/c1-7-2-3-4(5(7)9)6-11-8(3)10/h2H2,1H3. The molecule has 1 aromatic heterocycles. The summed E-state index contributed by atoms with van der Waals surface area (Å²) in [6, 6.07) is 0. The van der Waals surface area contributed by atoms with Gasteiger partial charge < -0.3 is 10.1 Å². The first kappa shape index (κ1) is 6.14. The Labute approximate surface area is 61.5 Å². The van der Waals surface area contributed by atoms with Crippen LogP contribution < -0.4 is 4.90 Å². The van der Waals surface area contributed by atoms with Crippen molar-refractivity contribution in [3.05, 3.63) is 16.6 Å². The highest BCUT2D eigenvalue weighted by atomic mass is 16.8. The van der Waals surface area contributed by atoms with E-state index < -0.39 is 0 Å². The van der Waals surface area contributed by atoms with Gasteiger partial charge in [-0.25, -0.2) is 0 Å². The fourth-order valence-corrected chi connectivity index (χ4v) is 1.04. The molecule has 6 heteroatoms. The minimum atomic E-state index is -0.265. The van der Waals surface area contributed by atoms with Crippen molar-refractivity contribution in [3.63, 3.8) is 0 Å². The maximum atomic E-state index is 11.1. The number of carbonyl (C=O) groups excluding carboxylic acids is 1. The molecule has 2 rings (SSSR count). The third-order valence-corrected chi connectivity index (χ3v) is 1.64. The van der Waals surface area contributed by atoms with E-state index in [1.165, 1.54) is 4.90 Å². The molecule has 0 bridgehead atoms. The van der Waals surface area contributed by atoms with E-state index >= 15 is 0 Å². The Hall–Kier alpha value is -1.59. The van der Waals surface area contributed by atoms with E-state index in [0.29, 0.717) is 0 Å². The lowest BCUT2D eigenvalue weighted by Crippen LogP contribution is -2.29. The number of fused-ring (bicyclic) bond motifs is 1. The van der Waals surface area contributed by atoms with E-state index in [9.17, 15) is 10.0 Å². The van der Waals surface area contributed by atoms with Gasteiger partial charge in [0.25, 0.3) is 0 Å². The molecule has 11 heavy (non-hydrogen) atoms. The van der Waals surface area contributed by atoms with E-state index in [1.807, 2.05) is 0 Å². The summed E-state index contributed by atoms with van der Waals surface area (Å²) in [5.74, 6) is -0.265. The fraction of sp³-hybridized carbons (Fsp3) is 0.400. The molecule has 1 aromatic rings. The largest absolute Gasteiger partial charge is 0.359 e. The Morgan fingerprint density at radius 3 is 3.18 bits per heavy atom. The first-order chi connectivity index (χ1) is 5.20. The first-order valence-electron chi connectivity index (χ1n) is 3.04. The van der Waals surface area contributed by atoms with Crippen LogP contribution >= 0.6 is 0 Å². The van der Waals surface area contributed by atoms with Gasteiger partial charge in [0.15, 0.2) is 0 Å². The average Bonchev–Trinajstić information content (AvgIpc) is 2.43. The van der Waals surface area contributed by atoms with Crippen LogP contribution in [0.2, 0.25) is 0 Å². The van der Waals surface area contributed by atoms with Gasteiger partial charge in [-0.3, -0.25) is 9.42 Å². The van der Waals surface area contributed by atoms with Crippen LogP contribution in [0.15, 0.2) is 4.63 Å². The Balaban J connectivity index is 2.56. The van der Waals surface area contributed by atoms with Crippen molar-refractivity contribution in [2.24, 2.45) is 0 Å². The van der Waals surface area contributed by atoms with Gasteiger partial charge in [0.2, 0.25) is 5.69 Å². The van der Waals surface area contributed by atoms with E-state index in [1.54, 1.807) is 7.05 Å². The number of hydrogen-bond donors (Lipinski definition) is 0. The van der Waals surface area contributed by atoms with Gasteiger partial charge in [0.1, 0.15) is 0 Å². The second-order valence-corrected chi connectivity index (χ2v) is 2.39. The molecule has 0 N–H and O–H groups in total. The molecule has 0 unspecified atom stereocenters. The highest BCUT2D eigenvalue weighted by Crippen LogP contribution is 2.14. The van der Waals surface area contributed by atoms with Gasteiger partial charge in [0, 0.05) is 7.05 Å². The minimum absolute atomic E-state index is 0.127. The van der Waals surface area contributed by atoms with Crippen LogP contribution in [0.1, 0.15) is 16.2 Å². The van der Waals surface area contributed by atoms with Crippen LogP contribution in [0, 0.1) is 5.21 Å². The summed E-state index contributed by atoms with van der Waals surface area (Å²) < 4.78 is 4.22. The second kappa shape index (κ2) is 1.71. The van der Waals surface area contributed by atoms with E-state index in [-0.39, 0.29) is 28.7 Å². The van der Waals surface area contributed by atoms with Gasteiger partial charge in [-0.2, -0.15) is 0 Å². The summed E-state index contributed by atoms with van der Waals surface area (Å²) in [4.78, 5) is 12.7. The molecule has 0 aromatic carbocycles. The number of aromatic nitrogens is 2. The molecule has 0 saturated heterocycles. The predicted molar refractivity (Wildman–Crippen MR) is 31.3 cm³/mol. The van der Waals surface area contributed by atoms with Gasteiger partial charge in [-0.05, 0) is 4.90 Å². The van der Waals surface area contributed by atoms with Crippen molar-refractivity contribution in [1.29, 1.82) is 0 Å². The third-order valence-electron chi connectivity index (χ3n) is 1.64. The summed E-state index contributed by atoms with van der Waals surface area (Å²) in [6.45, 7) is 0.279. The van der Waals surface area contributed by atoms with Crippen LogP contribution in [0.25, 0.3) is 0 Å². The molecule has 0 aliphatic carbocycles. The summed E-state index contributed by atoms with van der Waals surface area (Å²) in [5, 5.41) is 14.0. The highest BCUT2D eigenvalue weighted by Gasteiger charge is 2.36. The zero-order chi connectivity index (χ0) is 8.01. The zero-order valence-electron chi connectivity index (χ0n) is 5.77. The minimum Gasteiger partial charge on any atom is -0.359 e. The molecule has 1 amide bonds. The van der Waals surface area contributed by atoms with Crippen molar-refractivity contribution < 1.29 is 14.3 Å². The van der Waals surface area contributed by atoms with E-state index in [4.69, 9.17) is 0 Å². The number of amides is 1. The van der Waals surface area contributed by atoms with Crippen molar-refractivity contribution in [2.75, 3.05) is 7.05 Å². The van der Waals surface area contributed by atoms with Crippen LogP contribution in [0.5, 0.6) is 0 Å². The smallest absolute Gasteiger partial charge is 0.310 e. The van der Waals surface area contributed by atoms with Crippen LogP contribution in [0.4, 0.5) is 0 Å². The molecule has 1 aliphatic rings. The van der Waals surface area contributed by atoms with Crippen molar-refractivity contribution in [1.82, 2.24) is 10.1 Å². The second-order valence-electron chi connectivity index (χ2n) is 2.39. The molecule has 2 heterocycles. The molecule has 0 fully saturated rings. The SMILES string of the molecule is CN1Cc2c(no[n+]2[O-])C1=O. The molecular formula is C5H5N3O3. The average molecular weight is 155 g/mol. The monoisotopic (exact) mass is 155 g/mol. The van der Waals surface area contributed by atoms with Crippen LogP contribution in [0.3, 0.4) is 0 Å². The molecule has 0 radical (unpaired) electrons. The van der Waals surface area contributed by atoms with Gasteiger partial charge in [-0.1, -0.05) is 0 Å². The predicted octanol–water partition coefficient (Wildman–Crippen LogP) is -1.11. The maximum absolute atomic E-state index is 11.1. The molecule has 0 atom stereocenters. The van der Waals surface area contributed by atoms with Crippen molar-refractivity contribution in [2.45, 2.75) is 6.54 Å². The maximum Gasteiger partial charge on any atom is 0.310 e. The molecule has 0 saturated carbocycles. The van der Waals surface area contributed by atoms with Crippen molar-refractivity contribution in [3.8, 4) is 0 Å². The number of carbonyl (C=O) groups is 1. The Kier molecular flexibility index (Phi) is 0.957. The zero-order valence-corrected chi connectivity index (χ0v) is 5.77. The lowest BCUT2D eigenvalue weighted by Gasteiger charge is -2.03. The normalized spacial score (nSPS) is 15.7.